The predicted octanol–water partition coefficient (Wildman–Crippen LogP) is 2.12. The molecule has 2 aromatic carbocycles. The summed E-state index contributed by atoms with van der Waals surface area (Å²) in [7, 11) is 0. The highest BCUT2D eigenvalue weighted by Gasteiger charge is 2.21. The van der Waals surface area contributed by atoms with Gasteiger partial charge in [-0.3, -0.25) is 4.79 Å². The van der Waals surface area contributed by atoms with E-state index in [1.54, 1.807) is 35.2 Å². The van der Waals surface area contributed by atoms with Crippen LogP contribution in [0.4, 0.5) is 5.69 Å². The smallest absolute Gasteiger partial charge is 0.247 e. The van der Waals surface area contributed by atoms with Crippen molar-refractivity contribution in [3.8, 4) is 0 Å². The second kappa shape index (κ2) is 9.22. The Bertz CT molecular complexity index is 836. The molecule has 0 aromatic heterocycles. The van der Waals surface area contributed by atoms with Gasteiger partial charge in [0, 0.05) is 43.5 Å². The van der Waals surface area contributed by atoms with Gasteiger partial charge in [-0.1, -0.05) is 55.8 Å². The maximum Gasteiger partial charge on any atom is 0.247 e. The molecule has 0 aliphatic carbocycles. The van der Waals surface area contributed by atoms with E-state index >= 15 is 0 Å². The molecule has 1 fully saturated rings. The third-order valence-corrected chi connectivity index (χ3v) is 5.00. The van der Waals surface area contributed by atoms with Gasteiger partial charge in [-0.05, 0) is 29.7 Å². The minimum absolute atomic E-state index is 0.0838. The van der Waals surface area contributed by atoms with Crippen molar-refractivity contribution in [2.45, 2.75) is 19.8 Å². The third-order valence-electron chi connectivity index (χ3n) is 5.00. The molecule has 1 saturated heterocycles. The van der Waals surface area contributed by atoms with Crippen molar-refractivity contribution in [1.82, 2.24) is 4.90 Å². The Morgan fingerprint density at radius 1 is 0.964 bits per heavy atom. The Morgan fingerprint density at radius 2 is 1.61 bits per heavy atom. The first-order valence-corrected chi connectivity index (χ1v) is 9.69. The molecule has 0 unspecified atom stereocenters. The minimum Gasteiger partial charge on any atom is -0.545 e. The number of amides is 1. The number of piperazine rings is 1. The largest absolute Gasteiger partial charge is 0.545 e. The SMILES string of the molecule is CCCc1ccc(N2CCN(C(=O)/C=C(\C(=O)[O-])c3ccccc3)CC2)cc1. The van der Waals surface area contributed by atoms with Crippen molar-refractivity contribution in [3.05, 3.63) is 71.8 Å². The zero-order valence-electron chi connectivity index (χ0n) is 16.1. The number of aryl methyl sites for hydroxylation is 1. The standard InChI is InChI=1S/C23H26N2O3/c1-2-6-18-9-11-20(12-10-18)24-13-15-25(16-14-24)22(26)17-21(23(27)28)19-7-4-3-5-8-19/h3-5,7-12,17H,2,6,13-16H2,1H3,(H,27,28)/p-1/b21-17-. The highest BCUT2D eigenvalue weighted by atomic mass is 16.4. The van der Waals surface area contributed by atoms with Gasteiger partial charge in [-0.25, -0.2) is 0 Å². The number of rotatable bonds is 6. The van der Waals surface area contributed by atoms with Gasteiger partial charge in [0.05, 0.1) is 5.97 Å². The third kappa shape index (κ3) is 4.80. The van der Waals surface area contributed by atoms with Crippen molar-refractivity contribution >= 4 is 23.1 Å². The van der Waals surface area contributed by atoms with Gasteiger partial charge in [-0.15, -0.1) is 0 Å². The average Bonchev–Trinajstić information content (AvgIpc) is 2.73. The Hall–Kier alpha value is -3.08. The summed E-state index contributed by atoms with van der Waals surface area (Å²) in [5, 5.41) is 11.5. The molecule has 1 aliphatic rings. The molecule has 5 nitrogen and oxygen atoms in total. The van der Waals surface area contributed by atoms with Crippen LogP contribution in [0, 0.1) is 0 Å². The maximum atomic E-state index is 12.6. The van der Waals surface area contributed by atoms with Gasteiger partial charge in [0.15, 0.2) is 0 Å². The molecule has 0 spiro atoms. The van der Waals surface area contributed by atoms with E-state index in [2.05, 4.69) is 36.1 Å². The van der Waals surface area contributed by atoms with Gasteiger partial charge in [0.25, 0.3) is 0 Å². The van der Waals surface area contributed by atoms with E-state index in [1.165, 1.54) is 11.6 Å². The summed E-state index contributed by atoms with van der Waals surface area (Å²) in [5.74, 6) is -1.63. The molecule has 1 aliphatic heterocycles. The minimum atomic E-state index is -1.34. The molecule has 0 N–H and O–H groups in total. The normalized spacial score (nSPS) is 14.8. The van der Waals surface area contributed by atoms with Gasteiger partial charge >= 0.3 is 0 Å². The van der Waals surface area contributed by atoms with E-state index in [1.807, 2.05) is 0 Å². The van der Waals surface area contributed by atoms with E-state index in [0.29, 0.717) is 18.7 Å². The molecule has 28 heavy (non-hydrogen) atoms. The summed E-state index contributed by atoms with van der Waals surface area (Å²) in [6.07, 6.45) is 3.39. The summed E-state index contributed by atoms with van der Waals surface area (Å²) < 4.78 is 0. The van der Waals surface area contributed by atoms with E-state index < -0.39 is 5.97 Å². The van der Waals surface area contributed by atoms with Crippen molar-refractivity contribution in [3.63, 3.8) is 0 Å². The number of hydrogen-bond acceptors (Lipinski definition) is 4. The maximum absolute atomic E-state index is 12.6. The van der Waals surface area contributed by atoms with Crippen LogP contribution in [0.3, 0.4) is 0 Å². The summed E-state index contributed by atoms with van der Waals surface area (Å²) in [4.78, 5) is 28.0. The van der Waals surface area contributed by atoms with E-state index in [0.717, 1.165) is 31.6 Å². The zero-order valence-corrected chi connectivity index (χ0v) is 16.1. The fraction of sp³-hybridized carbons (Fsp3) is 0.304. The number of carboxylic acid groups (broad SMARTS) is 1. The lowest BCUT2D eigenvalue weighted by Crippen LogP contribution is -2.48. The van der Waals surface area contributed by atoms with Crippen LogP contribution in [0.2, 0.25) is 0 Å². The molecule has 2 aromatic rings. The van der Waals surface area contributed by atoms with Crippen molar-refractivity contribution in [2.24, 2.45) is 0 Å². The number of aliphatic carboxylic acids is 1. The number of carbonyl (C=O) groups excluding carboxylic acids is 2. The molecule has 1 amide bonds. The highest BCUT2D eigenvalue weighted by molar-refractivity contribution is 6.19. The molecule has 0 saturated carbocycles. The van der Waals surface area contributed by atoms with E-state index in [-0.39, 0.29) is 11.5 Å². The van der Waals surface area contributed by atoms with Crippen LogP contribution in [0.5, 0.6) is 0 Å². The van der Waals surface area contributed by atoms with Gasteiger partial charge < -0.3 is 19.7 Å². The van der Waals surface area contributed by atoms with Crippen molar-refractivity contribution in [1.29, 1.82) is 0 Å². The average molecular weight is 377 g/mol. The first-order chi connectivity index (χ1) is 13.6. The van der Waals surface area contributed by atoms with Crippen LogP contribution >= 0.6 is 0 Å². The molecule has 0 radical (unpaired) electrons. The van der Waals surface area contributed by atoms with E-state index in [9.17, 15) is 14.7 Å². The molecule has 3 rings (SSSR count). The Kier molecular flexibility index (Phi) is 6.48. The number of carboxylic acids is 1. The van der Waals surface area contributed by atoms with Gasteiger partial charge in [0.2, 0.25) is 5.91 Å². The fourth-order valence-corrected chi connectivity index (χ4v) is 3.44. The highest BCUT2D eigenvalue weighted by Crippen LogP contribution is 2.19. The topological polar surface area (TPSA) is 63.7 Å². The second-order valence-electron chi connectivity index (χ2n) is 6.94. The molecule has 5 heteroatoms. The number of benzene rings is 2. The zero-order chi connectivity index (χ0) is 19.9. The van der Waals surface area contributed by atoms with Crippen LogP contribution in [0.1, 0.15) is 24.5 Å². The fourth-order valence-electron chi connectivity index (χ4n) is 3.44. The van der Waals surface area contributed by atoms with E-state index in [4.69, 9.17) is 0 Å². The molecular formula is C23H25N2O3-. The van der Waals surface area contributed by atoms with Crippen LogP contribution in [0.15, 0.2) is 60.7 Å². The summed E-state index contributed by atoms with van der Waals surface area (Å²) in [6.45, 7) is 4.72. The summed E-state index contributed by atoms with van der Waals surface area (Å²) >= 11 is 0. The molecule has 1 heterocycles. The summed E-state index contributed by atoms with van der Waals surface area (Å²) in [5.41, 5.74) is 2.88. The Balaban J connectivity index is 1.63. The quantitative estimate of drug-likeness (QED) is 0.724. The Labute approximate surface area is 165 Å². The molecule has 0 atom stereocenters. The molecule has 146 valence electrons. The Morgan fingerprint density at radius 3 is 2.18 bits per heavy atom. The lowest BCUT2D eigenvalue weighted by atomic mass is 10.1. The number of carbonyl (C=O) groups is 2. The van der Waals surface area contributed by atoms with Crippen LogP contribution in [-0.2, 0) is 16.0 Å². The van der Waals surface area contributed by atoms with Crippen LogP contribution in [0.25, 0.3) is 5.57 Å². The first kappa shape index (κ1) is 19.7. The monoisotopic (exact) mass is 377 g/mol. The molecule has 0 bridgehead atoms. The van der Waals surface area contributed by atoms with Crippen molar-refractivity contribution < 1.29 is 14.7 Å². The summed E-state index contributed by atoms with van der Waals surface area (Å²) in [6, 6.07) is 17.2. The number of nitrogens with zero attached hydrogens (tertiary/aromatic N) is 2. The van der Waals surface area contributed by atoms with Crippen LogP contribution < -0.4 is 10.0 Å². The van der Waals surface area contributed by atoms with Gasteiger partial charge in [0.1, 0.15) is 0 Å². The molecular weight excluding hydrogens is 352 g/mol. The first-order valence-electron chi connectivity index (χ1n) is 9.69. The second-order valence-corrected chi connectivity index (χ2v) is 6.94. The predicted molar refractivity (Wildman–Crippen MR) is 109 cm³/mol. The lowest BCUT2D eigenvalue weighted by molar-refractivity contribution is -0.295. The van der Waals surface area contributed by atoms with Gasteiger partial charge in [-0.2, -0.15) is 0 Å². The van der Waals surface area contributed by atoms with Crippen LogP contribution in [-0.4, -0.2) is 43.0 Å². The number of hydrogen-bond donors (Lipinski definition) is 0. The van der Waals surface area contributed by atoms with Crippen molar-refractivity contribution in [2.75, 3.05) is 31.1 Å². The lowest BCUT2D eigenvalue weighted by Gasteiger charge is -2.36. The number of anilines is 1.